The van der Waals surface area contributed by atoms with E-state index in [0.717, 1.165) is 11.3 Å². The van der Waals surface area contributed by atoms with Crippen molar-refractivity contribution >= 4 is 23.2 Å². The lowest BCUT2D eigenvalue weighted by Crippen LogP contribution is -2.41. The van der Waals surface area contributed by atoms with Crippen molar-refractivity contribution < 1.29 is 14.3 Å². The summed E-state index contributed by atoms with van der Waals surface area (Å²) in [5, 5.41) is 4.64. The van der Waals surface area contributed by atoms with E-state index in [9.17, 15) is 9.59 Å². The molecule has 0 fully saturated rings. The van der Waals surface area contributed by atoms with Gasteiger partial charge in [-0.3, -0.25) is 4.79 Å². The molecule has 0 aromatic carbocycles. The third-order valence-corrected chi connectivity index (χ3v) is 3.66. The standard InChI is InChI=1S/C13H20N2O3S/c1-6-18-12(17)11-15-9(7-19-11)10(16)14-8(2)13(3,4)5/h7-8H,6H2,1-5H3,(H,14,16). The number of nitrogens with zero attached hydrogens (tertiary/aromatic N) is 1. The largest absolute Gasteiger partial charge is 0.461 e. The number of aromatic nitrogens is 1. The Morgan fingerprint density at radius 3 is 2.63 bits per heavy atom. The van der Waals surface area contributed by atoms with Crippen molar-refractivity contribution in [2.45, 2.75) is 40.7 Å². The number of carbonyl (C=O) groups excluding carboxylic acids is 2. The van der Waals surface area contributed by atoms with Crippen molar-refractivity contribution in [1.29, 1.82) is 0 Å². The molecule has 0 saturated heterocycles. The Morgan fingerprint density at radius 2 is 2.11 bits per heavy atom. The number of nitrogens with one attached hydrogen (secondary N) is 1. The van der Waals surface area contributed by atoms with Crippen LogP contribution in [0.3, 0.4) is 0 Å². The summed E-state index contributed by atoms with van der Waals surface area (Å²) in [4.78, 5) is 27.4. The Kier molecular flexibility index (Phi) is 5.05. The van der Waals surface area contributed by atoms with Crippen molar-refractivity contribution in [2.24, 2.45) is 5.41 Å². The summed E-state index contributed by atoms with van der Waals surface area (Å²) in [6.45, 7) is 10.1. The van der Waals surface area contributed by atoms with Gasteiger partial charge in [0.2, 0.25) is 5.01 Å². The molecule has 1 N–H and O–H groups in total. The van der Waals surface area contributed by atoms with Crippen LogP contribution in [0.15, 0.2) is 5.38 Å². The van der Waals surface area contributed by atoms with Crippen LogP contribution in [0.4, 0.5) is 0 Å². The second kappa shape index (κ2) is 6.14. The van der Waals surface area contributed by atoms with Crippen LogP contribution in [-0.4, -0.2) is 29.5 Å². The van der Waals surface area contributed by atoms with Crippen LogP contribution in [0.25, 0.3) is 0 Å². The van der Waals surface area contributed by atoms with E-state index in [1.807, 2.05) is 27.7 Å². The summed E-state index contributed by atoms with van der Waals surface area (Å²) < 4.78 is 4.83. The van der Waals surface area contributed by atoms with Crippen LogP contribution in [0.2, 0.25) is 0 Å². The Labute approximate surface area is 117 Å². The molecule has 1 amide bonds. The monoisotopic (exact) mass is 284 g/mol. The molecule has 0 aliphatic rings. The van der Waals surface area contributed by atoms with Gasteiger partial charge >= 0.3 is 5.97 Å². The molecule has 6 heteroatoms. The fraction of sp³-hybridized carbons (Fsp3) is 0.615. The summed E-state index contributed by atoms with van der Waals surface area (Å²) >= 11 is 1.11. The first-order valence-corrected chi connectivity index (χ1v) is 7.07. The van der Waals surface area contributed by atoms with Gasteiger partial charge in [-0.1, -0.05) is 20.8 Å². The highest BCUT2D eigenvalue weighted by atomic mass is 32.1. The Morgan fingerprint density at radius 1 is 1.47 bits per heavy atom. The number of thiazole rings is 1. The highest BCUT2D eigenvalue weighted by Crippen LogP contribution is 2.19. The molecule has 1 atom stereocenters. The molecule has 1 heterocycles. The minimum absolute atomic E-state index is 0.00717. The maximum atomic E-state index is 12.0. The zero-order valence-corrected chi connectivity index (χ0v) is 12.8. The molecular formula is C13H20N2O3S. The lowest BCUT2D eigenvalue weighted by atomic mass is 9.88. The normalized spacial score (nSPS) is 12.9. The lowest BCUT2D eigenvalue weighted by Gasteiger charge is -2.27. The van der Waals surface area contributed by atoms with Gasteiger partial charge in [0.25, 0.3) is 5.91 Å². The third kappa shape index (κ3) is 4.31. The second-order valence-electron chi connectivity index (χ2n) is 5.32. The third-order valence-electron chi connectivity index (χ3n) is 2.83. The van der Waals surface area contributed by atoms with Crippen molar-refractivity contribution in [3.05, 3.63) is 16.1 Å². The van der Waals surface area contributed by atoms with Gasteiger partial charge in [-0.25, -0.2) is 9.78 Å². The number of rotatable bonds is 4. The number of ether oxygens (including phenoxy) is 1. The molecule has 0 spiro atoms. The minimum atomic E-state index is -0.490. The SMILES string of the molecule is CCOC(=O)c1nc(C(=O)NC(C)C(C)(C)C)cs1. The molecular weight excluding hydrogens is 264 g/mol. The molecule has 19 heavy (non-hydrogen) atoms. The average Bonchev–Trinajstić information content (AvgIpc) is 2.77. The Bertz CT molecular complexity index is 463. The van der Waals surface area contributed by atoms with E-state index in [1.165, 1.54) is 0 Å². The van der Waals surface area contributed by atoms with E-state index in [1.54, 1.807) is 12.3 Å². The fourth-order valence-electron chi connectivity index (χ4n) is 1.15. The summed E-state index contributed by atoms with van der Waals surface area (Å²) in [5.74, 6) is -0.760. The minimum Gasteiger partial charge on any atom is -0.461 e. The summed E-state index contributed by atoms with van der Waals surface area (Å²) in [6, 6.07) is 0.00717. The van der Waals surface area contributed by atoms with Gasteiger partial charge in [0.15, 0.2) is 0 Å². The van der Waals surface area contributed by atoms with Gasteiger partial charge < -0.3 is 10.1 Å². The molecule has 0 bridgehead atoms. The highest BCUT2D eigenvalue weighted by molar-refractivity contribution is 7.11. The summed E-state index contributed by atoms with van der Waals surface area (Å²) in [7, 11) is 0. The van der Waals surface area contributed by atoms with E-state index in [0.29, 0.717) is 6.61 Å². The zero-order valence-electron chi connectivity index (χ0n) is 11.9. The van der Waals surface area contributed by atoms with E-state index in [-0.39, 0.29) is 28.1 Å². The van der Waals surface area contributed by atoms with Crippen molar-refractivity contribution in [3.63, 3.8) is 0 Å². The predicted octanol–water partition coefficient (Wildman–Crippen LogP) is 2.48. The van der Waals surface area contributed by atoms with Crippen molar-refractivity contribution in [1.82, 2.24) is 10.3 Å². The summed E-state index contributed by atoms with van der Waals surface area (Å²) in [5.41, 5.74) is 0.222. The quantitative estimate of drug-likeness (QED) is 0.862. The maximum absolute atomic E-state index is 12.0. The molecule has 0 aliphatic heterocycles. The maximum Gasteiger partial charge on any atom is 0.367 e. The van der Waals surface area contributed by atoms with Gasteiger partial charge in [0.1, 0.15) is 5.69 Å². The van der Waals surface area contributed by atoms with E-state index in [2.05, 4.69) is 10.3 Å². The first-order chi connectivity index (χ1) is 8.75. The first-order valence-electron chi connectivity index (χ1n) is 6.19. The molecule has 0 saturated carbocycles. The molecule has 0 aliphatic carbocycles. The second-order valence-corrected chi connectivity index (χ2v) is 6.18. The first kappa shape index (κ1) is 15.6. The molecule has 1 rings (SSSR count). The van der Waals surface area contributed by atoms with Gasteiger partial charge in [-0.05, 0) is 19.3 Å². The van der Waals surface area contributed by atoms with Gasteiger partial charge in [-0.2, -0.15) is 0 Å². The van der Waals surface area contributed by atoms with Crippen molar-refractivity contribution in [3.8, 4) is 0 Å². The fourth-order valence-corrected chi connectivity index (χ4v) is 1.84. The van der Waals surface area contributed by atoms with Crippen LogP contribution in [-0.2, 0) is 4.74 Å². The van der Waals surface area contributed by atoms with E-state index in [4.69, 9.17) is 4.74 Å². The smallest absolute Gasteiger partial charge is 0.367 e. The molecule has 1 aromatic rings. The van der Waals surface area contributed by atoms with Crippen LogP contribution < -0.4 is 5.32 Å². The van der Waals surface area contributed by atoms with Crippen molar-refractivity contribution in [2.75, 3.05) is 6.61 Å². The predicted molar refractivity (Wildman–Crippen MR) is 74.5 cm³/mol. The summed E-state index contributed by atoms with van der Waals surface area (Å²) in [6.07, 6.45) is 0. The topological polar surface area (TPSA) is 68.3 Å². The average molecular weight is 284 g/mol. The molecule has 106 valence electrons. The van der Waals surface area contributed by atoms with Crippen LogP contribution in [0, 0.1) is 5.41 Å². The Balaban J connectivity index is 2.71. The van der Waals surface area contributed by atoms with Crippen LogP contribution in [0.1, 0.15) is 54.9 Å². The van der Waals surface area contributed by atoms with Crippen LogP contribution in [0.5, 0.6) is 0 Å². The molecule has 1 unspecified atom stereocenters. The number of esters is 1. The number of hydrogen-bond acceptors (Lipinski definition) is 5. The van der Waals surface area contributed by atoms with Crippen LogP contribution >= 0.6 is 11.3 Å². The van der Waals surface area contributed by atoms with Gasteiger partial charge in [0, 0.05) is 11.4 Å². The number of amides is 1. The highest BCUT2D eigenvalue weighted by Gasteiger charge is 2.23. The van der Waals surface area contributed by atoms with Gasteiger partial charge in [0.05, 0.1) is 6.61 Å². The molecule has 5 nitrogen and oxygen atoms in total. The molecule has 0 radical (unpaired) electrons. The number of hydrogen-bond donors (Lipinski definition) is 1. The van der Waals surface area contributed by atoms with E-state index >= 15 is 0 Å². The van der Waals surface area contributed by atoms with Gasteiger partial charge in [-0.15, -0.1) is 11.3 Å². The Hall–Kier alpha value is -1.43. The molecule has 1 aromatic heterocycles. The number of carbonyl (C=O) groups is 2. The zero-order chi connectivity index (χ0) is 14.6. The van der Waals surface area contributed by atoms with E-state index < -0.39 is 5.97 Å². The lowest BCUT2D eigenvalue weighted by molar-refractivity contribution is 0.0526.